The monoisotopic (exact) mass is 725 g/mol. The Kier molecular flexibility index (Phi) is 9.24. The van der Waals surface area contributed by atoms with Crippen molar-refractivity contribution in [3.63, 3.8) is 0 Å². The van der Waals surface area contributed by atoms with Crippen LogP contribution >= 0.6 is 0 Å². The zero-order valence-electron chi connectivity index (χ0n) is 30.2. The number of amides is 2. The maximum absolute atomic E-state index is 13.7. The third-order valence-corrected chi connectivity index (χ3v) is 10.00. The lowest BCUT2D eigenvalue weighted by Crippen LogP contribution is -2.32. The number of para-hydroxylation sites is 1. The van der Waals surface area contributed by atoms with Gasteiger partial charge in [-0.05, 0) is 47.0 Å². The van der Waals surface area contributed by atoms with E-state index in [2.05, 4.69) is 4.99 Å². The number of hydrogen-bond donors (Lipinski definition) is 1. The number of methoxy groups -OCH3 is 3. The van der Waals surface area contributed by atoms with E-state index in [1.165, 1.54) is 7.11 Å². The first-order valence-electron chi connectivity index (χ1n) is 17.7. The van der Waals surface area contributed by atoms with Crippen molar-refractivity contribution in [3.8, 4) is 28.7 Å². The van der Waals surface area contributed by atoms with Crippen molar-refractivity contribution in [2.45, 2.75) is 31.3 Å². The quantitative estimate of drug-likeness (QED) is 0.128. The molecule has 8 rings (SSSR count). The molecule has 0 bridgehead atoms. The lowest BCUT2D eigenvalue weighted by atomic mass is 10.0. The van der Waals surface area contributed by atoms with E-state index in [-0.39, 0.29) is 23.9 Å². The summed E-state index contributed by atoms with van der Waals surface area (Å²) in [6.45, 7) is 0.603. The van der Waals surface area contributed by atoms with Crippen LogP contribution in [0.3, 0.4) is 0 Å². The number of nitrogen functional groups attached to an aromatic ring is 1. The molecule has 0 aromatic heterocycles. The maximum Gasteiger partial charge on any atom is 0.260 e. The number of hydrogen-bond acceptors (Lipinski definition) is 10. The summed E-state index contributed by atoms with van der Waals surface area (Å²) in [6.07, 6.45) is 9.14. The van der Waals surface area contributed by atoms with Crippen LogP contribution in [0.5, 0.6) is 28.7 Å². The highest BCUT2D eigenvalue weighted by Crippen LogP contribution is 2.42. The van der Waals surface area contributed by atoms with Crippen LogP contribution in [0, 0.1) is 0 Å². The van der Waals surface area contributed by atoms with Gasteiger partial charge < -0.3 is 39.2 Å². The average Bonchev–Trinajstić information content (AvgIpc) is 3.77. The van der Waals surface area contributed by atoms with Gasteiger partial charge in [-0.3, -0.25) is 19.6 Å². The molecule has 2 atom stereocenters. The summed E-state index contributed by atoms with van der Waals surface area (Å²) in [5.74, 6) is 2.24. The molecule has 12 nitrogen and oxygen atoms in total. The molecule has 0 aliphatic carbocycles. The van der Waals surface area contributed by atoms with Gasteiger partial charge in [0.1, 0.15) is 5.75 Å². The number of nitrogens with zero attached hydrogens (tertiary/aromatic N) is 4. The number of carbonyl (C=O) groups excluding carboxylic acids is 2. The Labute approximate surface area is 312 Å². The zero-order valence-corrected chi connectivity index (χ0v) is 30.2. The number of fused-ring (bicyclic) bond motifs is 4. The Morgan fingerprint density at radius 3 is 1.72 bits per heavy atom. The van der Waals surface area contributed by atoms with E-state index in [4.69, 9.17) is 34.4 Å². The number of carbonyl (C=O) groups is 2. The highest BCUT2D eigenvalue weighted by atomic mass is 16.5. The van der Waals surface area contributed by atoms with Gasteiger partial charge in [-0.1, -0.05) is 30.3 Å². The van der Waals surface area contributed by atoms with Gasteiger partial charge in [0.05, 0.1) is 69.1 Å². The fraction of sp³-hybridized carbons (Fsp3) is 0.238. The van der Waals surface area contributed by atoms with Gasteiger partial charge in [0, 0.05) is 67.5 Å². The number of rotatable bonds is 11. The van der Waals surface area contributed by atoms with E-state index in [1.807, 2.05) is 67.1 Å². The van der Waals surface area contributed by atoms with Crippen LogP contribution in [0.15, 0.2) is 95.2 Å². The predicted molar refractivity (Wildman–Crippen MR) is 207 cm³/mol. The molecule has 2 N–H and O–H groups in total. The van der Waals surface area contributed by atoms with Gasteiger partial charge in [0.2, 0.25) is 0 Å². The lowest BCUT2D eigenvalue weighted by Gasteiger charge is -2.19. The number of ether oxygens (including phenoxy) is 5. The predicted octanol–water partition coefficient (Wildman–Crippen LogP) is 7.09. The third kappa shape index (κ3) is 6.40. The third-order valence-electron chi connectivity index (χ3n) is 10.00. The van der Waals surface area contributed by atoms with Crippen LogP contribution in [0.4, 0.5) is 17.1 Å². The van der Waals surface area contributed by atoms with Gasteiger partial charge >= 0.3 is 0 Å². The fourth-order valence-corrected chi connectivity index (χ4v) is 7.15. The van der Waals surface area contributed by atoms with E-state index < -0.39 is 0 Å². The second kappa shape index (κ2) is 14.5. The molecule has 54 heavy (non-hydrogen) atoms. The molecule has 0 radical (unpaired) electrons. The van der Waals surface area contributed by atoms with Crippen LogP contribution in [0.1, 0.15) is 51.1 Å². The number of benzene rings is 4. The maximum atomic E-state index is 13.7. The molecule has 0 fully saturated rings. The second-order valence-corrected chi connectivity index (χ2v) is 13.2. The van der Waals surface area contributed by atoms with Crippen molar-refractivity contribution >= 4 is 52.5 Å². The number of nitrogens with two attached hydrogens (primary N) is 1. The largest absolute Gasteiger partial charge is 0.497 e. The molecular weight excluding hydrogens is 686 g/mol. The Hall–Kier alpha value is -6.56. The first-order valence-corrected chi connectivity index (χ1v) is 17.7. The first kappa shape index (κ1) is 34.5. The van der Waals surface area contributed by atoms with Crippen LogP contribution < -0.4 is 29.4 Å². The van der Waals surface area contributed by atoms with E-state index in [1.54, 1.807) is 54.5 Å². The standard InChI is InChI=1S/C42H39N5O7/c1-50-30-11-9-25(10-12-30)26-15-28-21-44-35-19-39(37(51-2)17-32(35)41(48)46(28)23-26)53-13-6-14-54-40-20-36-33(18-38(40)52-3)42(49)47-24-27(16-29(47)22-45-36)31-7-4-5-8-34(31)43/h4-5,7-12,17-24,28-29H,6,13-16,43H2,1-3H3. The Bertz CT molecular complexity index is 2260. The molecule has 4 aliphatic heterocycles. The molecular formula is C42H39N5O7. The van der Waals surface area contributed by atoms with Crippen molar-refractivity contribution in [1.29, 1.82) is 0 Å². The molecule has 274 valence electrons. The molecule has 2 amide bonds. The van der Waals surface area contributed by atoms with Gasteiger partial charge in [0.15, 0.2) is 23.0 Å². The summed E-state index contributed by atoms with van der Waals surface area (Å²) in [4.78, 5) is 40.3. The molecule has 12 heteroatoms. The Morgan fingerprint density at radius 1 is 0.648 bits per heavy atom. The highest BCUT2D eigenvalue weighted by molar-refractivity contribution is 6.06. The number of aliphatic imine (C=N–C) groups is 2. The van der Waals surface area contributed by atoms with E-state index in [9.17, 15) is 9.59 Å². The Morgan fingerprint density at radius 2 is 1.19 bits per heavy atom. The van der Waals surface area contributed by atoms with Crippen molar-refractivity contribution in [3.05, 3.63) is 107 Å². The fourth-order valence-electron chi connectivity index (χ4n) is 7.15. The highest BCUT2D eigenvalue weighted by Gasteiger charge is 2.35. The van der Waals surface area contributed by atoms with E-state index in [0.29, 0.717) is 83.7 Å². The molecule has 4 heterocycles. The van der Waals surface area contributed by atoms with Crippen molar-refractivity contribution in [1.82, 2.24) is 9.80 Å². The minimum Gasteiger partial charge on any atom is -0.497 e. The van der Waals surface area contributed by atoms with Crippen LogP contribution in [-0.4, -0.2) is 80.7 Å². The molecule has 4 aliphatic rings. The molecule has 4 aromatic rings. The van der Waals surface area contributed by atoms with Crippen LogP contribution in [-0.2, 0) is 0 Å². The summed E-state index contributed by atoms with van der Waals surface area (Å²) in [6, 6.07) is 21.8. The number of anilines is 1. The minimum atomic E-state index is -0.229. The van der Waals surface area contributed by atoms with Gasteiger partial charge in [-0.2, -0.15) is 0 Å². The van der Waals surface area contributed by atoms with Gasteiger partial charge in [-0.25, -0.2) is 0 Å². The van der Waals surface area contributed by atoms with Gasteiger partial charge in [-0.15, -0.1) is 0 Å². The van der Waals surface area contributed by atoms with E-state index >= 15 is 0 Å². The first-order chi connectivity index (χ1) is 26.3. The van der Waals surface area contributed by atoms with Gasteiger partial charge in [0.25, 0.3) is 11.8 Å². The molecule has 0 spiro atoms. The summed E-state index contributed by atoms with van der Waals surface area (Å²) in [5, 5.41) is 0. The summed E-state index contributed by atoms with van der Waals surface area (Å²) in [5.41, 5.74) is 12.7. The average molecular weight is 726 g/mol. The van der Waals surface area contributed by atoms with Crippen molar-refractivity contribution in [2.75, 3.05) is 40.3 Å². The summed E-state index contributed by atoms with van der Waals surface area (Å²) >= 11 is 0. The molecule has 2 unspecified atom stereocenters. The van der Waals surface area contributed by atoms with Crippen LogP contribution in [0.2, 0.25) is 0 Å². The second-order valence-electron chi connectivity index (χ2n) is 13.2. The molecule has 4 aromatic carbocycles. The lowest BCUT2D eigenvalue weighted by molar-refractivity contribution is 0.0809. The van der Waals surface area contributed by atoms with Crippen molar-refractivity contribution < 1.29 is 33.3 Å². The summed E-state index contributed by atoms with van der Waals surface area (Å²) in [7, 11) is 4.71. The Balaban J connectivity index is 0.913. The topological polar surface area (TPSA) is 138 Å². The smallest absolute Gasteiger partial charge is 0.260 e. The minimum absolute atomic E-state index is 0.158. The summed E-state index contributed by atoms with van der Waals surface area (Å²) < 4.78 is 28.8. The van der Waals surface area contributed by atoms with Crippen molar-refractivity contribution in [2.24, 2.45) is 9.98 Å². The molecule has 0 saturated heterocycles. The van der Waals surface area contributed by atoms with Crippen LogP contribution in [0.25, 0.3) is 11.1 Å². The normalized spacial score (nSPS) is 18.1. The molecule has 0 saturated carbocycles. The SMILES string of the molecule is COc1ccc(C2=CN3C(=O)c4cc(OC)c(OCCCOc5cc6c(cc5OC)C(=O)N5C=C(c7ccccc7N)CC5C=N6)cc4N=CC3C2)cc1. The zero-order chi connectivity index (χ0) is 37.3. The van der Waals surface area contributed by atoms with E-state index in [0.717, 1.165) is 28.0 Å².